The number of aromatic hydroxyl groups is 1. The Kier molecular flexibility index (Phi) is 8.32. The minimum absolute atomic E-state index is 0.0241. The van der Waals surface area contributed by atoms with E-state index in [2.05, 4.69) is 32.2 Å². The number of rotatable bonds is 11. The van der Waals surface area contributed by atoms with E-state index in [-0.39, 0.29) is 28.5 Å². The Hall–Kier alpha value is -4.23. The Morgan fingerprint density at radius 2 is 1.98 bits per heavy atom. The van der Waals surface area contributed by atoms with Gasteiger partial charge in [0, 0.05) is 0 Å². The summed E-state index contributed by atoms with van der Waals surface area (Å²) in [5.41, 5.74) is 6.93. The number of nitrogen functional groups attached to an aromatic ring is 1. The van der Waals surface area contributed by atoms with Crippen LogP contribution in [0, 0.1) is 0 Å². The van der Waals surface area contributed by atoms with Gasteiger partial charge < -0.3 is 25.8 Å². The number of aromatic nitrogens is 7. The summed E-state index contributed by atoms with van der Waals surface area (Å²) in [6.45, 7) is 1.35. The highest BCUT2D eigenvalue weighted by Gasteiger charge is 2.45. The fraction of sp³-hybridized carbons (Fsp3) is 0.417. The number of carbonyl (C=O) groups is 1. The lowest BCUT2D eigenvalue weighted by atomic mass is 10.1. The van der Waals surface area contributed by atoms with Crippen LogP contribution in [0.4, 0.5) is 5.82 Å². The molecule has 0 radical (unpaired) electrons. The smallest absolute Gasteiger partial charge is 0.362 e. The van der Waals surface area contributed by atoms with Gasteiger partial charge in [-0.15, -0.1) is 5.10 Å². The van der Waals surface area contributed by atoms with Gasteiger partial charge in [0.2, 0.25) is 0 Å². The molecule has 4 aromatic rings. The van der Waals surface area contributed by atoms with Crippen LogP contribution in [0.25, 0.3) is 17.1 Å². The largest absolute Gasteiger partial charge is 0.507 e. The molecule has 18 heteroatoms. The number of para-hydroxylation sites is 1. The van der Waals surface area contributed by atoms with Crippen molar-refractivity contribution in [3.05, 3.63) is 48.0 Å². The molecule has 1 aliphatic rings. The van der Waals surface area contributed by atoms with E-state index < -0.39 is 53.1 Å². The number of aryl methyl sites for hydroxylation is 1. The molecule has 1 amide bonds. The van der Waals surface area contributed by atoms with Crippen LogP contribution in [0.3, 0.4) is 0 Å². The molecule has 0 spiro atoms. The number of ether oxygens (including phenoxy) is 1. The second kappa shape index (κ2) is 11.9. The number of fused-ring (bicyclic) bond motifs is 1. The van der Waals surface area contributed by atoms with Crippen LogP contribution in [0.2, 0.25) is 0 Å². The van der Waals surface area contributed by atoms with Crippen LogP contribution in [0.1, 0.15) is 48.5 Å². The quantitative estimate of drug-likeness (QED) is 0.139. The van der Waals surface area contributed by atoms with Crippen molar-refractivity contribution in [2.24, 2.45) is 0 Å². The van der Waals surface area contributed by atoms with E-state index in [9.17, 15) is 28.5 Å². The number of amides is 1. The molecule has 4 atom stereocenters. The summed E-state index contributed by atoms with van der Waals surface area (Å²) in [4.78, 5) is 25.1. The summed E-state index contributed by atoms with van der Waals surface area (Å²) in [6, 6.07) is 5.33. The number of hydrogen-bond acceptors (Lipinski definition) is 14. The summed E-state index contributed by atoms with van der Waals surface area (Å²) < 4.78 is 39.6. The Balaban J connectivity index is 1.30. The first-order valence-corrected chi connectivity index (χ1v) is 14.4. The van der Waals surface area contributed by atoms with Crippen LogP contribution in [0.15, 0.2) is 36.8 Å². The topological polar surface area (TPSA) is 243 Å². The monoisotopic (exact) mass is 603 g/mol. The molecule has 42 heavy (non-hydrogen) atoms. The summed E-state index contributed by atoms with van der Waals surface area (Å²) >= 11 is 0. The maximum Gasteiger partial charge on any atom is 0.362 e. The third-order valence-corrected chi connectivity index (χ3v) is 7.47. The molecule has 6 N–H and O–H groups in total. The van der Waals surface area contributed by atoms with Crippen molar-refractivity contribution < 1.29 is 37.5 Å². The van der Waals surface area contributed by atoms with Crippen molar-refractivity contribution in [3.63, 3.8) is 0 Å². The summed E-state index contributed by atoms with van der Waals surface area (Å²) in [5, 5.41) is 39.3. The van der Waals surface area contributed by atoms with Gasteiger partial charge in [-0.2, -0.15) is 23.1 Å². The minimum Gasteiger partial charge on any atom is -0.507 e. The minimum atomic E-state index is -4.68. The Bertz CT molecular complexity index is 1690. The van der Waals surface area contributed by atoms with Crippen LogP contribution >= 0.6 is 0 Å². The van der Waals surface area contributed by atoms with Gasteiger partial charge in [0.15, 0.2) is 17.7 Å². The molecule has 0 aliphatic carbocycles. The Morgan fingerprint density at radius 1 is 1.19 bits per heavy atom. The molecular weight excluding hydrogens is 574 g/mol. The van der Waals surface area contributed by atoms with Gasteiger partial charge in [-0.3, -0.25) is 13.5 Å². The van der Waals surface area contributed by atoms with Gasteiger partial charge in [-0.1, -0.05) is 37.1 Å². The molecule has 224 valence electrons. The zero-order valence-electron chi connectivity index (χ0n) is 22.3. The number of aliphatic hydroxyl groups excluding tert-OH is 2. The van der Waals surface area contributed by atoms with Crippen LogP contribution in [0.5, 0.6) is 5.75 Å². The zero-order valence-corrected chi connectivity index (χ0v) is 23.1. The van der Waals surface area contributed by atoms with Gasteiger partial charge >= 0.3 is 10.3 Å². The third-order valence-electron chi connectivity index (χ3n) is 6.58. The third kappa shape index (κ3) is 6.02. The number of hydrogen-bond donors (Lipinski definition) is 5. The Labute approximate surface area is 239 Å². The molecule has 0 bridgehead atoms. The normalized spacial score (nSPS) is 20.7. The second-order valence-corrected chi connectivity index (χ2v) is 10.9. The van der Waals surface area contributed by atoms with E-state index in [0.717, 1.165) is 31.4 Å². The first-order chi connectivity index (χ1) is 20.1. The number of carbonyl (C=O) groups excluding carboxylic acids is 1. The Morgan fingerprint density at radius 3 is 2.74 bits per heavy atom. The van der Waals surface area contributed by atoms with E-state index in [1.807, 2.05) is 0 Å². The molecule has 3 aromatic heterocycles. The highest BCUT2D eigenvalue weighted by Crippen LogP contribution is 2.32. The summed E-state index contributed by atoms with van der Waals surface area (Å²) in [7, 11) is -4.68. The lowest BCUT2D eigenvalue weighted by Gasteiger charge is -2.16. The molecule has 1 fully saturated rings. The maximum absolute atomic E-state index is 12.3. The maximum atomic E-state index is 12.3. The lowest BCUT2D eigenvalue weighted by molar-refractivity contribution is -0.0468. The van der Waals surface area contributed by atoms with Gasteiger partial charge in [-0.25, -0.2) is 9.71 Å². The predicted molar refractivity (Wildman–Crippen MR) is 144 cm³/mol. The van der Waals surface area contributed by atoms with E-state index in [4.69, 9.17) is 14.7 Å². The summed E-state index contributed by atoms with van der Waals surface area (Å²) in [5.74, 6) is -1.44. The van der Waals surface area contributed by atoms with Crippen molar-refractivity contribution >= 4 is 33.2 Å². The number of anilines is 1. The standard InChI is InChI=1S/C24H29N9O8S/c1-2-3-4-7-13-10-33(31-29-13)24-27-20(25)17-21(28-24)32(12-26-17)23-19(36)18(35)16(41-23)11-40-42(38,39)30-22(37)14-8-5-6-9-15(14)34/h5-6,8-10,12,16,18-19,23,34-36H,2-4,7,11H2,1H3,(H,30,37)(H2,25,27,28)/t16-,18-,19-,23-/m0/s1. The highest BCUT2D eigenvalue weighted by molar-refractivity contribution is 7.85. The molecular formula is C24H29N9O8S. The van der Waals surface area contributed by atoms with E-state index in [1.54, 1.807) is 10.9 Å². The first kappa shape index (κ1) is 29.3. The molecule has 17 nitrogen and oxygen atoms in total. The molecule has 1 aliphatic heterocycles. The van der Waals surface area contributed by atoms with E-state index in [1.165, 1.54) is 39.8 Å². The second-order valence-electron chi connectivity index (χ2n) is 9.58. The fourth-order valence-corrected chi connectivity index (χ4v) is 5.11. The number of imidazole rings is 1. The van der Waals surface area contributed by atoms with Crippen molar-refractivity contribution in [3.8, 4) is 11.7 Å². The van der Waals surface area contributed by atoms with Crippen molar-refractivity contribution in [1.82, 2.24) is 39.2 Å². The molecule has 0 unspecified atom stereocenters. The first-order valence-electron chi connectivity index (χ1n) is 13.0. The average Bonchev–Trinajstić information content (AvgIpc) is 3.66. The number of aliphatic hydroxyl groups is 2. The lowest BCUT2D eigenvalue weighted by Crippen LogP contribution is -2.37. The van der Waals surface area contributed by atoms with Crippen molar-refractivity contribution in [2.45, 2.75) is 57.1 Å². The molecule has 1 aromatic carbocycles. The molecule has 5 rings (SSSR count). The fourth-order valence-electron chi connectivity index (χ4n) is 4.40. The van der Waals surface area contributed by atoms with Crippen LogP contribution in [-0.2, 0) is 25.6 Å². The van der Waals surface area contributed by atoms with Crippen molar-refractivity contribution in [1.29, 1.82) is 0 Å². The SMILES string of the molecule is CCCCCc1cn(-c2nc(N)c3ncn([C@H]4O[C@@H](COS(=O)(=O)NC(=O)c5ccccc5O)[C@H](O)[C@@H]4O)c3n2)nn1. The van der Waals surface area contributed by atoms with E-state index >= 15 is 0 Å². The number of unbranched alkanes of at least 4 members (excludes halogenated alkanes) is 2. The molecule has 4 heterocycles. The number of benzene rings is 1. The van der Waals surface area contributed by atoms with Gasteiger partial charge in [0.1, 0.15) is 29.6 Å². The van der Waals surface area contributed by atoms with Crippen LogP contribution in [-0.4, -0.2) is 89.1 Å². The van der Waals surface area contributed by atoms with E-state index in [0.29, 0.717) is 0 Å². The number of nitrogens with one attached hydrogen (secondary N) is 1. The number of nitrogens with two attached hydrogens (primary N) is 1. The predicted octanol–water partition coefficient (Wildman–Crippen LogP) is -0.262. The van der Waals surface area contributed by atoms with Crippen LogP contribution < -0.4 is 10.5 Å². The summed E-state index contributed by atoms with van der Waals surface area (Å²) in [6.07, 6.45) is 1.05. The van der Waals surface area contributed by atoms with Gasteiger partial charge in [0.25, 0.3) is 11.9 Å². The number of phenols is 1. The number of phenolic OH excluding ortho intramolecular Hbond substituents is 1. The zero-order chi connectivity index (χ0) is 30.0. The molecule has 0 saturated carbocycles. The van der Waals surface area contributed by atoms with Gasteiger partial charge in [0.05, 0.1) is 30.4 Å². The molecule has 1 saturated heterocycles. The average molecular weight is 604 g/mol. The van der Waals surface area contributed by atoms with Crippen molar-refractivity contribution in [2.75, 3.05) is 12.3 Å². The number of nitrogens with zero attached hydrogens (tertiary/aromatic N) is 7. The highest BCUT2D eigenvalue weighted by atomic mass is 32.2. The van der Waals surface area contributed by atoms with Gasteiger partial charge in [-0.05, 0) is 25.0 Å².